The molecule has 0 atom stereocenters. The molecule has 0 radical (unpaired) electrons. The Labute approximate surface area is 171 Å². The molecule has 4 aromatic rings. The third-order valence-electron chi connectivity index (χ3n) is 4.53. The second-order valence-corrected chi connectivity index (χ2v) is 9.71. The van der Waals surface area contributed by atoms with E-state index in [-0.39, 0.29) is 10.8 Å². The number of aryl methyl sites for hydroxylation is 1. The average Bonchev–Trinajstić information content (AvgIpc) is 3.20. The van der Waals surface area contributed by atoms with Crippen LogP contribution in [0.1, 0.15) is 21.7 Å². The summed E-state index contributed by atoms with van der Waals surface area (Å²) in [6.07, 6.45) is 1.16. The van der Waals surface area contributed by atoms with Gasteiger partial charge in [0.15, 0.2) is 15.0 Å². The Balaban J connectivity index is 1.66. The zero-order chi connectivity index (χ0) is 20.8. The predicted molar refractivity (Wildman–Crippen MR) is 114 cm³/mol. The standard InChI is InChI=1S/C20H18N4O3S2/c1-12-18(13(2)24(23-12)14-7-5-4-6-8-14)19(25)22-20-21-16-10-9-15(29(3,26)27)11-17(16)28-20/h4-11H,1-3H3,(H,21,22,25). The Hall–Kier alpha value is -3.04. The van der Waals surface area contributed by atoms with Crippen LogP contribution in [0.25, 0.3) is 15.9 Å². The van der Waals surface area contributed by atoms with Crippen LogP contribution in [-0.2, 0) is 9.84 Å². The first kappa shape index (κ1) is 19.3. The molecule has 1 N–H and O–H groups in total. The molecule has 0 bridgehead atoms. The summed E-state index contributed by atoms with van der Waals surface area (Å²) in [6, 6.07) is 14.3. The lowest BCUT2D eigenvalue weighted by molar-refractivity contribution is 0.102. The molecule has 1 amide bonds. The molecule has 0 saturated carbocycles. The van der Waals surface area contributed by atoms with Gasteiger partial charge < -0.3 is 0 Å². The third-order valence-corrected chi connectivity index (χ3v) is 6.57. The molecular weight excluding hydrogens is 408 g/mol. The minimum absolute atomic E-state index is 0.224. The molecule has 4 rings (SSSR count). The van der Waals surface area contributed by atoms with Gasteiger partial charge in [0.2, 0.25) is 0 Å². The highest BCUT2D eigenvalue weighted by molar-refractivity contribution is 7.90. The molecule has 0 spiro atoms. The second-order valence-electron chi connectivity index (χ2n) is 6.67. The maximum absolute atomic E-state index is 12.9. The number of carbonyl (C=O) groups is 1. The fraction of sp³-hybridized carbons (Fsp3) is 0.150. The highest BCUT2D eigenvalue weighted by Crippen LogP contribution is 2.29. The van der Waals surface area contributed by atoms with Crippen molar-refractivity contribution in [1.82, 2.24) is 14.8 Å². The summed E-state index contributed by atoms with van der Waals surface area (Å²) in [5.41, 5.74) is 3.34. The summed E-state index contributed by atoms with van der Waals surface area (Å²) in [5, 5.41) is 7.72. The van der Waals surface area contributed by atoms with Crippen LogP contribution < -0.4 is 5.32 Å². The Morgan fingerprint density at radius 3 is 2.52 bits per heavy atom. The molecule has 2 aromatic heterocycles. The predicted octanol–water partition coefficient (Wildman–Crippen LogP) is 3.75. The van der Waals surface area contributed by atoms with E-state index < -0.39 is 9.84 Å². The van der Waals surface area contributed by atoms with Crippen LogP contribution in [0.4, 0.5) is 5.13 Å². The van der Waals surface area contributed by atoms with Crippen molar-refractivity contribution in [3.05, 3.63) is 65.5 Å². The van der Waals surface area contributed by atoms with Crippen molar-refractivity contribution in [1.29, 1.82) is 0 Å². The highest BCUT2D eigenvalue weighted by Gasteiger charge is 2.21. The molecule has 2 aromatic carbocycles. The molecule has 9 heteroatoms. The van der Waals surface area contributed by atoms with Gasteiger partial charge in [0.05, 0.1) is 37.8 Å². The van der Waals surface area contributed by atoms with E-state index >= 15 is 0 Å². The van der Waals surface area contributed by atoms with Crippen LogP contribution in [0.3, 0.4) is 0 Å². The lowest BCUT2D eigenvalue weighted by Crippen LogP contribution is -2.14. The fourth-order valence-corrected chi connectivity index (χ4v) is 4.76. The van der Waals surface area contributed by atoms with Gasteiger partial charge in [0.1, 0.15) is 0 Å². The minimum atomic E-state index is -3.31. The van der Waals surface area contributed by atoms with Gasteiger partial charge in [-0.2, -0.15) is 5.10 Å². The number of rotatable bonds is 4. The number of carbonyl (C=O) groups excluding carboxylic acids is 1. The van der Waals surface area contributed by atoms with E-state index in [9.17, 15) is 13.2 Å². The number of benzene rings is 2. The Morgan fingerprint density at radius 2 is 1.83 bits per heavy atom. The number of amides is 1. The first-order chi connectivity index (χ1) is 13.7. The van der Waals surface area contributed by atoms with Gasteiger partial charge in [0, 0.05) is 6.26 Å². The number of hydrogen-bond donors (Lipinski definition) is 1. The molecule has 0 aliphatic carbocycles. The van der Waals surface area contributed by atoms with E-state index in [1.54, 1.807) is 23.7 Å². The molecule has 0 unspecified atom stereocenters. The highest BCUT2D eigenvalue weighted by atomic mass is 32.2. The van der Waals surface area contributed by atoms with Crippen LogP contribution in [-0.4, -0.2) is 35.3 Å². The van der Waals surface area contributed by atoms with Gasteiger partial charge in [-0.1, -0.05) is 29.5 Å². The number of aromatic nitrogens is 3. The minimum Gasteiger partial charge on any atom is -0.298 e. The molecule has 0 aliphatic rings. The van der Waals surface area contributed by atoms with E-state index in [1.807, 2.05) is 37.3 Å². The summed E-state index contributed by atoms with van der Waals surface area (Å²) in [5.74, 6) is -0.301. The van der Waals surface area contributed by atoms with Crippen molar-refractivity contribution in [3.8, 4) is 5.69 Å². The summed E-state index contributed by atoms with van der Waals surface area (Å²) in [4.78, 5) is 17.5. The van der Waals surface area contributed by atoms with E-state index in [2.05, 4.69) is 15.4 Å². The van der Waals surface area contributed by atoms with Crippen molar-refractivity contribution in [3.63, 3.8) is 0 Å². The van der Waals surface area contributed by atoms with Crippen molar-refractivity contribution in [2.75, 3.05) is 11.6 Å². The van der Waals surface area contributed by atoms with Gasteiger partial charge in [-0.25, -0.2) is 18.1 Å². The summed E-state index contributed by atoms with van der Waals surface area (Å²) in [6.45, 7) is 3.64. The SMILES string of the molecule is Cc1nn(-c2ccccc2)c(C)c1C(=O)Nc1nc2ccc(S(C)(=O)=O)cc2s1. The van der Waals surface area contributed by atoms with Crippen molar-refractivity contribution < 1.29 is 13.2 Å². The number of nitrogens with one attached hydrogen (secondary N) is 1. The largest absolute Gasteiger partial charge is 0.298 e. The van der Waals surface area contributed by atoms with Gasteiger partial charge >= 0.3 is 0 Å². The van der Waals surface area contributed by atoms with E-state index in [0.29, 0.717) is 26.6 Å². The molecular formula is C20H18N4O3S2. The lowest BCUT2D eigenvalue weighted by Gasteiger charge is -2.05. The maximum Gasteiger partial charge on any atom is 0.261 e. The summed E-state index contributed by atoms with van der Waals surface area (Å²) in [7, 11) is -3.31. The number of hydrogen-bond acceptors (Lipinski definition) is 6. The van der Waals surface area contributed by atoms with E-state index in [1.165, 1.54) is 17.4 Å². The Kier molecular flexibility index (Phi) is 4.71. The molecule has 29 heavy (non-hydrogen) atoms. The quantitative estimate of drug-likeness (QED) is 0.536. The van der Waals surface area contributed by atoms with Crippen LogP contribution in [0.2, 0.25) is 0 Å². The summed E-state index contributed by atoms with van der Waals surface area (Å²) < 4.78 is 25.9. The first-order valence-corrected chi connectivity index (χ1v) is 11.5. The van der Waals surface area contributed by atoms with E-state index in [0.717, 1.165) is 17.6 Å². The van der Waals surface area contributed by atoms with Crippen molar-refractivity contribution in [2.24, 2.45) is 0 Å². The Bertz CT molecular complexity index is 1340. The number of fused-ring (bicyclic) bond motifs is 1. The number of anilines is 1. The van der Waals surface area contributed by atoms with Crippen LogP contribution in [0.15, 0.2) is 53.4 Å². The number of para-hydroxylation sites is 1. The number of nitrogens with zero attached hydrogens (tertiary/aromatic N) is 3. The third kappa shape index (κ3) is 3.66. The van der Waals surface area contributed by atoms with E-state index in [4.69, 9.17) is 0 Å². The van der Waals surface area contributed by atoms with Gasteiger partial charge in [-0.05, 0) is 44.2 Å². The Morgan fingerprint density at radius 1 is 1.10 bits per heavy atom. The smallest absolute Gasteiger partial charge is 0.261 e. The van der Waals surface area contributed by atoms with Crippen LogP contribution >= 0.6 is 11.3 Å². The molecule has 7 nitrogen and oxygen atoms in total. The zero-order valence-corrected chi connectivity index (χ0v) is 17.6. The molecule has 0 fully saturated rings. The number of thiazole rings is 1. The molecule has 0 saturated heterocycles. The topological polar surface area (TPSA) is 93.9 Å². The van der Waals surface area contributed by atoms with Gasteiger partial charge in [0.25, 0.3) is 5.91 Å². The fourth-order valence-electron chi connectivity index (χ4n) is 3.14. The normalized spacial score (nSPS) is 11.7. The van der Waals surface area contributed by atoms with Crippen molar-refractivity contribution >= 4 is 42.4 Å². The average molecular weight is 427 g/mol. The molecule has 0 aliphatic heterocycles. The van der Waals surface area contributed by atoms with Gasteiger partial charge in [-0.3, -0.25) is 10.1 Å². The first-order valence-electron chi connectivity index (χ1n) is 8.77. The van der Waals surface area contributed by atoms with Crippen LogP contribution in [0.5, 0.6) is 0 Å². The van der Waals surface area contributed by atoms with Crippen LogP contribution in [0, 0.1) is 13.8 Å². The zero-order valence-electron chi connectivity index (χ0n) is 16.0. The molecule has 2 heterocycles. The van der Waals surface area contributed by atoms with Crippen molar-refractivity contribution in [2.45, 2.75) is 18.7 Å². The number of sulfone groups is 1. The van der Waals surface area contributed by atoms with Gasteiger partial charge in [-0.15, -0.1) is 0 Å². The lowest BCUT2D eigenvalue weighted by atomic mass is 10.2. The monoisotopic (exact) mass is 426 g/mol. The molecule has 148 valence electrons. The second kappa shape index (κ2) is 7.09. The summed E-state index contributed by atoms with van der Waals surface area (Å²) >= 11 is 1.23. The maximum atomic E-state index is 12.9.